The van der Waals surface area contributed by atoms with Crippen LogP contribution in [0.2, 0.25) is 0 Å². The summed E-state index contributed by atoms with van der Waals surface area (Å²) in [5, 5.41) is 20.4. The van der Waals surface area contributed by atoms with E-state index in [-0.39, 0.29) is 12.3 Å². The van der Waals surface area contributed by atoms with E-state index in [4.69, 9.17) is 10.4 Å². The zero-order chi connectivity index (χ0) is 13.8. The molecule has 0 radical (unpaired) electrons. The monoisotopic (exact) mass is 259 g/mol. The Labute approximate surface area is 110 Å². The minimum atomic E-state index is -1.01. The van der Waals surface area contributed by atoms with Gasteiger partial charge in [-0.25, -0.2) is 0 Å². The third-order valence-corrected chi connectivity index (χ3v) is 2.98. The molecule has 1 unspecified atom stereocenters. The molecule has 0 aliphatic carbocycles. The number of nitriles is 1. The average Bonchev–Trinajstić information content (AvgIpc) is 2.41. The molecule has 1 aromatic carbocycles. The second kappa shape index (κ2) is 5.50. The molecule has 1 atom stereocenters. The zero-order valence-electron chi connectivity index (χ0n) is 10.2. The molecule has 1 aliphatic rings. The lowest BCUT2D eigenvalue weighted by Crippen LogP contribution is -2.55. The molecule has 1 aromatic rings. The minimum absolute atomic E-state index is 0.231. The number of carbonyl (C=O) groups excluding carboxylic acids is 1. The van der Waals surface area contributed by atoms with Crippen molar-refractivity contribution in [1.29, 1.82) is 5.26 Å². The van der Waals surface area contributed by atoms with Gasteiger partial charge in [0, 0.05) is 18.8 Å². The van der Waals surface area contributed by atoms with Gasteiger partial charge >= 0.3 is 5.97 Å². The number of hydrogen-bond donors (Lipinski definition) is 2. The lowest BCUT2D eigenvalue weighted by atomic mass is 10.1. The molecule has 0 spiro atoms. The van der Waals surface area contributed by atoms with Crippen LogP contribution >= 0.6 is 0 Å². The Balaban J connectivity index is 2.16. The van der Waals surface area contributed by atoms with E-state index in [0.29, 0.717) is 24.3 Å². The van der Waals surface area contributed by atoms with Gasteiger partial charge in [0.15, 0.2) is 0 Å². The van der Waals surface area contributed by atoms with Crippen LogP contribution in [0.25, 0.3) is 0 Å². The fourth-order valence-corrected chi connectivity index (χ4v) is 2.04. The Bertz CT molecular complexity index is 533. The number of nitrogens with one attached hydrogen (secondary N) is 1. The Hall–Kier alpha value is -2.39. The van der Waals surface area contributed by atoms with Crippen molar-refractivity contribution in [2.45, 2.75) is 12.5 Å². The molecule has 1 heterocycles. The van der Waals surface area contributed by atoms with E-state index in [1.807, 2.05) is 6.07 Å². The number of carboxylic acids is 1. The number of aliphatic carboxylic acids is 1. The van der Waals surface area contributed by atoms with E-state index in [9.17, 15) is 9.59 Å². The quantitative estimate of drug-likeness (QED) is 0.816. The molecular formula is C13H13N3O3. The van der Waals surface area contributed by atoms with Crippen molar-refractivity contribution in [1.82, 2.24) is 5.32 Å². The van der Waals surface area contributed by atoms with Gasteiger partial charge in [-0.05, 0) is 24.3 Å². The van der Waals surface area contributed by atoms with Crippen LogP contribution in [-0.4, -0.2) is 36.1 Å². The lowest BCUT2D eigenvalue weighted by Gasteiger charge is -2.32. The predicted molar refractivity (Wildman–Crippen MR) is 67.6 cm³/mol. The van der Waals surface area contributed by atoms with Gasteiger partial charge in [0.1, 0.15) is 0 Å². The zero-order valence-corrected chi connectivity index (χ0v) is 10.2. The van der Waals surface area contributed by atoms with Gasteiger partial charge in [-0.15, -0.1) is 0 Å². The molecule has 1 amide bonds. The first-order chi connectivity index (χ1) is 9.11. The largest absolute Gasteiger partial charge is 0.481 e. The summed E-state index contributed by atoms with van der Waals surface area (Å²) in [5.41, 5.74) is 1.20. The molecule has 98 valence electrons. The van der Waals surface area contributed by atoms with Crippen molar-refractivity contribution in [2.75, 3.05) is 18.0 Å². The predicted octanol–water partition coefficient (Wildman–Crippen LogP) is 0.338. The molecule has 19 heavy (non-hydrogen) atoms. The number of piperazine rings is 1. The van der Waals surface area contributed by atoms with Gasteiger partial charge in [-0.2, -0.15) is 5.26 Å². The summed E-state index contributed by atoms with van der Waals surface area (Å²) in [6, 6.07) is 7.98. The van der Waals surface area contributed by atoms with E-state index in [1.165, 1.54) is 0 Å². The number of carbonyl (C=O) groups is 2. The van der Waals surface area contributed by atoms with Crippen molar-refractivity contribution in [2.24, 2.45) is 0 Å². The minimum Gasteiger partial charge on any atom is -0.481 e. The van der Waals surface area contributed by atoms with E-state index in [2.05, 4.69) is 5.32 Å². The maximum atomic E-state index is 12.2. The second-order valence-electron chi connectivity index (χ2n) is 4.25. The van der Waals surface area contributed by atoms with Gasteiger partial charge in [0.2, 0.25) is 5.91 Å². The lowest BCUT2D eigenvalue weighted by molar-refractivity contribution is -0.139. The number of nitrogens with zero attached hydrogens (tertiary/aromatic N) is 2. The summed E-state index contributed by atoms with van der Waals surface area (Å²) in [7, 11) is 0. The maximum absolute atomic E-state index is 12.2. The van der Waals surface area contributed by atoms with E-state index in [0.717, 1.165) is 0 Å². The average molecular weight is 259 g/mol. The summed E-state index contributed by atoms with van der Waals surface area (Å²) in [5.74, 6) is -1.26. The highest BCUT2D eigenvalue weighted by molar-refractivity contribution is 5.99. The first kappa shape index (κ1) is 13.1. The van der Waals surface area contributed by atoms with E-state index >= 15 is 0 Å². The standard InChI is InChI=1S/C13H13N3O3/c14-8-9-1-3-10(4-2-9)16-6-5-15-11(13(16)19)7-12(17)18/h1-4,11,15H,5-7H2,(H,17,18). The second-order valence-corrected chi connectivity index (χ2v) is 4.25. The third kappa shape index (κ3) is 2.89. The third-order valence-electron chi connectivity index (χ3n) is 2.98. The Morgan fingerprint density at radius 2 is 2.16 bits per heavy atom. The Kier molecular flexibility index (Phi) is 3.78. The summed E-state index contributed by atoms with van der Waals surface area (Å²) in [4.78, 5) is 24.4. The molecule has 2 N–H and O–H groups in total. The fourth-order valence-electron chi connectivity index (χ4n) is 2.04. The molecule has 6 nitrogen and oxygen atoms in total. The van der Waals surface area contributed by atoms with Crippen LogP contribution in [0, 0.1) is 11.3 Å². The molecule has 0 aromatic heterocycles. The van der Waals surface area contributed by atoms with Crippen molar-refractivity contribution >= 4 is 17.6 Å². The van der Waals surface area contributed by atoms with Crippen molar-refractivity contribution in [3.63, 3.8) is 0 Å². The van der Waals surface area contributed by atoms with Crippen LogP contribution < -0.4 is 10.2 Å². The highest BCUT2D eigenvalue weighted by Crippen LogP contribution is 2.18. The topological polar surface area (TPSA) is 93.4 Å². The Morgan fingerprint density at radius 3 is 2.74 bits per heavy atom. The summed E-state index contributed by atoms with van der Waals surface area (Å²) in [6.45, 7) is 1.03. The van der Waals surface area contributed by atoms with Crippen LogP contribution in [0.4, 0.5) is 5.69 Å². The maximum Gasteiger partial charge on any atom is 0.305 e. The van der Waals surface area contributed by atoms with E-state index in [1.54, 1.807) is 29.2 Å². The van der Waals surface area contributed by atoms with Crippen LogP contribution in [0.5, 0.6) is 0 Å². The van der Waals surface area contributed by atoms with Crippen molar-refractivity contribution in [3.8, 4) is 6.07 Å². The fraction of sp³-hybridized carbons (Fsp3) is 0.308. The number of amides is 1. The normalized spacial score (nSPS) is 19.0. The number of hydrogen-bond acceptors (Lipinski definition) is 4. The first-order valence-electron chi connectivity index (χ1n) is 5.88. The first-order valence-corrected chi connectivity index (χ1v) is 5.88. The van der Waals surface area contributed by atoms with Gasteiger partial charge in [0.05, 0.1) is 24.1 Å². The summed E-state index contributed by atoms with van der Waals surface area (Å²) < 4.78 is 0. The van der Waals surface area contributed by atoms with Crippen molar-refractivity contribution in [3.05, 3.63) is 29.8 Å². The number of benzene rings is 1. The number of anilines is 1. The van der Waals surface area contributed by atoms with Gasteiger partial charge < -0.3 is 15.3 Å². The van der Waals surface area contributed by atoms with Crippen LogP contribution in [0.3, 0.4) is 0 Å². The number of carboxylic acid groups (broad SMARTS) is 1. The van der Waals surface area contributed by atoms with Crippen LogP contribution in [0.1, 0.15) is 12.0 Å². The van der Waals surface area contributed by atoms with Crippen LogP contribution in [0.15, 0.2) is 24.3 Å². The number of rotatable bonds is 3. The van der Waals surface area contributed by atoms with Crippen LogP contribution in [-0.2, 0) is 9.59 Å². The smallest absolute Gasteiger partial charge is 0.305 e. The molecule has 0 saturated carbocycles. The molecular weight excluding hydrogens is 246 g/mol. The molecule has 2 rings (SSSR count). The van der Waals surface area contributed by atoms with Gasteiger partial charge in [-0.3, -0.25) is 9.59 Å². The molecule has 0 bridgehead atoms. The molecule has 1 aliphatic heterocycles. The summed E-state index contributed by atoms with van der Waals surface area (Å²) >= 11 is 0. The van der Waals surface area contributed by atoms with Crippen molar-refractivity contribution < 1.29 is 14.7 Å². The summed E-state index contributed by atoms with van der Waals surface area (Å²) in [6.07, 6.45) is -0.231. The highest BCUT2D eigenvalue weighted by Gasteiger charge is 2.30. The van der Waals surface area contributed by atoms with Gasteiger partial charge in [0.25, 0.3) is 0 Å². The molecule has 1 saturated heterocycles. The van der Waals surface area contributed by atoms with E-state index < -0.39 is 12.0 Å². The molecule has 6 heteroatoms. The SMILES string of the molecule is N#Cc1ccc(N2CCNC(CC(=O)O)C2=O)cc1. The van der Waals surface area contributed by atoms with Gasteiger partial charge in [-0.1, -0.05) is 0 Å². The highest BCUT2D eigenvalue weighted by atomic mass is 16.4. The Morgan fingerprint density at radius 1 is 1.47 bits per heavy atom. The molecule has 1 fully saturated rings.